The number of carboxylic acid groups (broad SMARTS) is 1. The molecule has 112 valence electrons. The smallest absolute Gasteiger partial charge is 0.365 e. The topological polar surface area (TPSA) is 125 Å². The van der Waals surface area contributed by atoms with Crippen LogP contribution in [0.3, 0.4) is 0 Å². The van der Waals surface area contributed by atoms with Gasteiger partial charge in [0.05, 0.1) is 6.21 Å². The summed E-state index contributed by atoms with van der Waals surface area (Å²) in [5.74, 6) is -0.970. The van der Waals surface area contributed by atoms with Gasteiger partial charge in [0.2, 0.25) is 0 Å². The maximum Gasteiger partial charge on any atom is 0.365 e. The van der Waals surface area contributed by atoms with Crippen molar-refractivity contribution in [3.63, 3.8) is 0 Å². The maximum absolute atomic E-state index is 11.4. The van der Waals surface area contributed by atoms with Gasteiger partial charge in [0.15, 0.2) is 0 Å². The van der Waals surface area contributed by atoms with E-state index in [0.717, 1.165) is 10.9 Å². The number of hydrogen-bond donors (Lipinski definition) is 3. The van der Waals surface area contributed by atoms with E-state index in [1.807, 2.05) is 0 Å². The second-order valence-electron chi connectivity index (χ2n) is 4.54. The first-order valence-corrected chi connectivity index (χ1v) is 6.30. The Morgan fingerprint density at radius 3 is 2.59 bits per heavy atom. The van der Waals surface area contributed by atoms with Crippen LogP contribution in [-0.2, 0) is 11.3 Å². The zero-order chi connectivity index (χ0) is 15.7. The van der Waals surface area contributed by atoms with Gasteiger partial charge < -0.3 is 9.67 Å². The van der Waals surface area contributed by atoms with Gasteiger partial charge in [-0.05, 0) is 6.07 Å². The van der Waals surface area contributed by atoms with Crippen LogP contribution >= 0.6 is 0 Å². The molecule has 0 atom stereocenters. The third kappa shape index (κ3) is 2.35. The van der Waals surface area contributed by atoms with Crippen molar-refractivity contribution in [2.75, 3.05) is 0 Å². The van der Waals surface area contributed by atoms with Crippen LogP contribution in [0.25, 0.3) is 10.9 Å². The fourth-order valence-corrected chi connectivity index (χ4v) is 2.18. The van der Waals surface area contributed by atoms with E-state index in [-0.39, 0.29) is 6.54 Å². The molecule has 0 aliphatic rings. The summed E-state index contributed by atoms with van der Waals surface area (Å²) in [5, 5.41) is 17.8. The molecule has 3 aromatic rings. The van der Waals surface area contributed by atoms with Crippen molar-refractivity contribution in [1.29, 1.82) is 0 Å². The summed E-state index contributed by atoms with van der Waals surface area (Å²) in [7, 11) is 0. The summed E-state index contributed by atoms with van der Waals surface area (Å²) >= 11 is 0. The van der Waals surface area contributed by atoms with E-state index in [1.165, 1.54) is 6.21 Å². The van der Waals surface area contributed by atoms with Crippen LogP contribution in [0.2, 0.25) is 0 Å². The Balaban J connectivity index is 2.09. The first kappa shape index (κ1) is 13.6. The zero-order valence-corrected chi connectivity index (χ0v) is 11.2. The Morgan fingerprint density at radius 1 is 1.23 bits per heavy atom. The molecule has 2 heterocycles. The lowest BCUT2D eigenvalue weighted by Crippen LogP contribution is -2.22. The molecule has 9 nitrogen and oxygen atoms in total. The van der Waals surface area contributed by atoms with E-state index in [9.17, 15) is 14.4 Å². The number of aromatic amines is 2. The molecular weight excluding hydrogens is 290 g/mol. The highest BCUT2D eigenvalue weighted by molar-refractivity contribution is 5.99. The molecule has 0 aliphatic carbocycles. The third-order valence-electron chi connectivity index (χ3n) is 3.10. The molecule has 0 radical (unpaired) electrons. The van der Waals surface area contributed by atoms with Crippen molar-refractivity contribution < 1.29 is 9.90 Å². The summed E-state index contributed by atoms with van der Waals surface area (Å²) in [6.45, 7) is -0.195. The lowest BCUT2D eigenvalue weighted by Gasteiger charge is -1.99. The van der Waals surface area contributed by atoms with E-state index < -0.39 is 17.3 Å². The van der Waals surface area contributed by atoms with Gasteiger partial charge in [0.25, 0.3) is 0 Å². The molecule has 0 unspecified atom stereocenters. The number of aromatic nitrogens is 4. The summed E-state index contributed by atoms with van der Waals surface area (Å²) in [5.41, 5.74) is -0.0444. The molecule has 3 N–H and O–H groups in total. The van der Waals surface area contributed by atoms with Crippen molar-refractivity contribution in [1.82, 2.24) is 19.4 Å². The van der Waals surface area contributed by atoms with Crippen molar-refractivity contribution >= 4 is 23.1 Å². The molecule has 0 fully saturated rings. The number of rotatable bonds is 4. The molecule has 0 aliphatic heterocycles. The van der Waals surface area contributed by atoms with Gasteiger partial charge in [-0.25, -0.2) is 19.8 Å². The van der Waals surface area contributed by atoms with E-state index in [0.29, 0.717) is 10.2 Å². The fraction of sp³-hybridized carbons (Fsp3) is 0.0769. The van der Waals surface area contributed by atoms with Crippen LogP contribution in [0.5, 0.6) is 0 Å². The van der Waals surface area contributed by atoms with Crippen LogP contribution in [0.1, 0.15) is 5.56 Å². The van der Waals surface area contributed by atoms with Gasteiger partial charge in [0.1, 0.15) is 6.54 Å². The standard InChI is InChI=1S/C13H11N5O4/c19-11(20)7-17-6-8(9-3-1-2-4-10(9)17)5-14-18-12(21)15-16-13(18)22/h1-6H,7H2,(H,15,21)(H,16,22)(H,19,20)/b14-5+. The minimum absolute atomic E-state index is 0.195. The molecular formula is C13H11N5O4. The number of para-hydroxylation sites is 1. The second-order valence-corrected chi connectivity index (χ2v) is 4.54. The number of carboxylic acids is 1. The second kappa shape index (κ2) is 5.20. The number of nitrogens with zero attached hydrogens (tertiary/aromatic N) is 3. The van der Waals surface area contributed by atoms with Crippen molar-refractivity contribution in [3.8, 4) is 0 Å². The normalized spacial score (nSPS) is 11.5. The number of carbonyl (C=O) groups is 1. The van der Waals surface area contributed by atoms with E-state index in [1.54, 1.807) is 35.0 Å². The first-order valence-electron chi connectivity index (χ1n) is 6.30. The zero-order valence-electron chi connectivity index (χ0n) is 11.2. The quantitative estimate of drug-likeness (QED) is 0.576. The number of hydrogen-bond acceptors (Lipinski definition) is 4. The Kier molecular flexibility index (Phi) is 3.22. The third-order valence-corrected chi connectivity index (χ3v) is 3.10. The van der Waals surface area contributed by atoms with E-state index in [2.05, 4.69) is 15.3 Å². The van der Waals surface area contributed by atoms with Gasteiger partial charge in [-0.3, -0.25) is 4.79 Å². The molecule has 0 saturated heterocycles. The molecule has 0 amide bonds. The lowest BCUT2D eigenvalue weighted by molar-refractivity contribution is -0.137. The average molecular weight is 301 g/mol. The van der Waals surface area contributed by atoms with Crippen molar-refractivity contribution in [2.24, 2.45) is 5.10 Å². The Bertz CT molecular complexity index is 960. The van der Waals surface area contributed by atoms with Gasteiger partial charge in [0, 0.05) is 22.7 Å². The summed E-state index contributed by atoms with van der Waals surface area (Å²) < 4.78 is 2.20. The van der Waals surface area contributed by atoms with E-state index in [4.69, 9.17) is 5.11 Å². The molecule has 9 heteroatoms. The SMILES string of the molecule is O=C(O)Cn1cc(/C=N/n2c(=O)[nH][nH]c2=O)c2ccccc21. The van der Waals surface area contributed by atoms with Crippen molar-refractivity contribution in [3.05, 3.63) is 57.0 Å². The molecule has 0 saturated carbocycles. The predicted molar refractivity (Wildman–Crippen MR) is 78.2 cm³/mol. The average Bonchev–Trinajstić information content (AvgIpc) is 2.98. The number of H-pyrrole nitrogens is 2. The first-order chi connectivity index (χ1) is 10.6. The summed E-state index contributed by atoms with van der Waals surface area (Å²) in [4.78, 5) is 33.6. The van der Waals surface area contributed by atoms with Crippen molar-refractivity contribution in [2.45, 2.75) is 6.54 Å². The minimum atomic E-state index is -0.970. The number of aliphatic carboxylic acids is 1. The van der Waals surface area contributed by atoms with Crippen LogP contribution in [0.4, 0.5) is 0 Å². The van der Waals surface area contributed by atoms with Crippen LogP contribution < -0.4 is 11.4 Å². The monoisotopic (exact) mass is 301 g/mol. The highest BCUT2D eigenvalue weighted by Crippen LogP contribution is 2.19. The molecule has 1 aromatic carbocycles. The maximum atomic E-state index is 11.4. The Hall–Kier alpha value is -3.36. The molecule has 2 aromatic heterocycles. The number of nitrogens with one attached hydrogen (secondary N) is 2. The minimum Gasteiger partial charge on any atom is -0.480 e. The number of benzene rings is 1. The number of fused-ring (bicyclic) bond motifs is 1. The van der Waals surface area contributed by atoms with Gasteiger partial charge in [-0.15, -0.1) is 4.68 Å². The van der Waals surface area contributed by atoms with Gasteiger partial charge in [-0.2, -0.15) is 5.10 Å². The highest BCUT2D eigenvalue weighted by atomic mass is 16.4. The Morgan fingerprint density at radius 2 is 1.91 bits per heavy atom. The molecule has 0 bridgehead atoms. The summed E-state index contributed by atoms with van der Waals surface area (Å²) in [6, 6.07) is 7.19. The van der Waals surface area contributed by atoms with E-state index >= 15 is 0 Å². The van der Waals surface area contributed by atoms with Crippen LogP contribution in [0.15, 0.2) is 45.2 Å². The summed E-state index contributed by atoms with van der Waals surface area (Å²) in [6.07, 6.45) is 2.94. The molecule has 22 heavy (non-hydrogen) atoms. The lowest BCUT2D eigenvalue weighted by atomic mass is 10.2. The van der Waals surface area contributed by atoms with Gasteiger partial charge in [-0.1, -0.05) is 18.2 Å². The largest absolute Gasteiger partial charge is 0.480 e. The van der Waals surface area contributed by atoms with Crippen LogP contribution in [-0.4, -0.2) is 36.7 Å². The molecule has 0 spiro atoms. The Labute approximate surface area is 122 Å². The van der Waals surface area contributed by atoms with Gasteiger partial charge >= 0.3 is 17.3 Å². The fourth-order valence-electron chi connectivity index (χ4n) is 2.18. The highest BCUT2D eigenvalue weighted by Gasteiger charge is 2.09. The van der Waals surface area contributed by atoms with Crippen LogP contribution in [0, 0.1) is 0 Å². The molecule has 3 rings (SSSR count). The predicted octanol–water partition coefficient (Wildman–Crippen LogP) is -0.214.